The van der Waals surface area contributed by atoms with Gasteiger partial charge in [0, 0.05) is 0 Å². The van der Waals surface area contributed by atoms with Crippen molar-refractivity contribution in [2.45, 2.75) is 20.0 Å². The lowest BCUT2D eigenvalue weighted by Gasteiger charge is -2.16. The predicted octanol–water partition coefficient (Wildman–Crippen LogP) is 3.66. The number of rotatable bonds is 2. The molecule has 2 rings (SSSR count). The molecule has 1 unspecified atom stereocenters. The third kappa shape index (κ3) is 2.14. The highest BCUT2D eigenvalue weighted by Gasteiger charge is 2.21. The van der Waals surface area contributed by atoms with E-state index in [0.717, 1.165) is 23.3 Å². The van der Waals surface area contributed by atoms with Crippen LogP contribution in [0.2, 0.25) is 0 Å². The van der Waals surface area contributed by atoms with E-state index in [-0.39, 0.29) is 5.56 Å². The van der Waals surface area contributed by atoms with Crippen molar-refractivity contribution >= 4 is 0 Å². The lowest BCUT2D eigenvalue weighted by molar-refractivity contribution is 0.208. The van der Waals surface area contributed by atoms with Crippen LogP contribution in [0.15, 0.2) is 36.4 Å². The van der Waals surface area contributed by atoms with E-state index in [0.29, 0.717) is 5.56 Å². The standard InChI is InChI=1S/C15H14F2O/c1-9-5-3-6-11(10(9)2)15(18)14-12(16)7-4-8-13(14)17/h3-8,15,18H,1-2H3. The summed E-state index contributed by atoms with van der Waals surface area (Å²) in [5.74, 6) is -1.47. The number of aryl methyl sites for hydroxylation is 1. The molecule has 3 heteroatoms. The zero-order valence-electron chi connectivity index (χ0n) is 10.2. The fourth-order valence-electron chi connectivity index (χ4n) is 2.00. The SMILES string of the molecule is Cc1cccc(C(O)c2c(F)cccc2F)c1C. The lowest BCUT2D eigenvalue weighted by atomic mass is 9.94. The molecule has 2 aromatic rings. The van der Waals surface area contributed by atoms with Crippen molar-refractivity contribution in [2.75, 3.05) is 0 Å². The molecular weight excluding hydrogens is 234 g/mol. The van der Waals surface area contributed by atoms with Crippen LogP contribution in [0.1, 0.15) is 28.4 Å². The van der Waals surface area contributed by atoms with E-state index in [1.165, 1.54) is 6.07 Å². The Bertz CT molecular complexity index is 558. The molecule has 0 aliphatic carbocycles. The summed E-state index contributed by atoms with van der Waals surface area (Å²) in [6.45, 7) is 3.72. The third-order valence-corrected chi connectivity index (χ3v) is 3.21. The Morgan fingerprint density at radius 2 is 1.50 bits per heavy atom. The van der Waals surface area contributed by atoms with Gasteiger partial charge in [0.2, 0.25) is 0 Å². The number of halogens is 2. The molecule has 0 amide bonds. The summed E-state index contributed by atoms with van der Waals surface area (Å²) in [4.78, 5) is 0. The molecule has 0 radical (unpaired) electrons. The summed E-state index contributed by atoms with van der Waals surface area (Å²) in [6, 6.07) is 8.91. The van der Waals surface area contributed by atoms with Crippen LogP contribution in [-0.2, 0) is 0 Å². The van der Waals surface area contributed by atoms with Crippen LogP contribution < -0.4 is 0 Å². The molecule has 0 aliphatic rings. The van der Waals surface area contributed by atoms with Crippen molar-refractivity contribution in [1.82, 2.24) is 0 Å². The van der Waals surface area contributed by atoms with Gasteiger partial charge in [0.05, 0.1) is 5.56 Å². The van der Waals surface area contributed by atoms with Crippen molar-refractivity contribution in [1.29, 1.82) is 0 Å². The van der Waals surface area contributed by atoms with E-state index >= 15 is 0 Å². The molecule has 0 aromatic heterocycles. The molecule has 0 heterocycles. The maximum absolute atomic E-state index is 13.6. The van der Waals surface area contributed by atoms with E-state index in [1.807, 2.05) is 19.9 Å². The minimum atomic E-state index is -1.29. The molecule has 1 nitrogen and oxygen atoms in total. The zero-order valence-corrected chi connectivity index (χ0v) is 10.2. The van der Waals surface area contributed by atoms with E-state index in [4.69, 9.17) is 0 Å². The fraction of sp³-hybridized carbons (Fsp3) is 0.200. The average molecular weight is 248 g/mol. The van der Waals surface area contributed by atoms with Crippen LogP contribution >= 0.6 is 0 Å². The van der Waals surface area contributed by atoms with Gasteiger partial charge in [-0.2, -0.15) is 0 Å². The van der Waals surface area contributed by atoms with Crippen molar-refractivity contribution in [3.63, 3.8) is 0 Å². The molecular formula is C15H14F2O. The monoisotopic (exact) mass is 248 g/mol. The van der Waals surface area contributed by atoms with Gasteiger partial charge < -0.3 is 5.11 Å². The lowest BCUT2D eigenvalue weighted by Crippen LogP contribution is -2.07. The average Bonchev–Trinajstić information content (AvgIpc) is 2.32. The number of hydrogen-bond donors (Lipinski definition) is 1. The summed E-state index contributed by atoms with van der Waals surface area (Å²) < 4.78 is 27.2. The van der Waals surface area contributed by atoms with Crippen LogP contribution in [0.3, 0.4) is 0 Å². The third-order valence-electron chi connectivity index (χ3n) is 3.21. The first-order valence-corrected chi connectivity index (χ1v) is 5.70. The second-order valence-corrected chi connectivity index (χ2v) is 4.33. The van der Waals surface area contributed by atoms with Crippen LogP contribution in [0.25, 0.3) is 0 Å². The highest BCUT2D eigenvalue weighted by atomic mass is 19.1. The molecule has 94 valence electrons. The van der Waals surface area contributed by atoms with E-state index in [9.17, 15) is 13.9 Å². The first-order valence-electron chi connectivity index (χ1n) is 5.70. The maximum atomic E-state index is 13.6. The Kier molecular flexibility index (Phi) is 3.43. The first-order chi connectivity index (χ1) is 8.52. The molecule has 0 aliphatic heterocycles. The second kappa shape index (κ2) is 4.86. The molecule has 0 saturated carbocycles. The second-order valence-electron chi connectivity index (χ2n) is 4.33. The van der Waals surface area contributed by atoms with Gasteiger partial charge in [-0.05, 0) is 42.7 Å². The fourth-order valence-corrected chi connectivity index (χ4v) is 2.00. The summed E-state index contributed by atoms with van der Waals surface area (Å²) in [5, 5.41) is 10.2. The zero-order chi connectivity index (χ0) is 13.3. The molecule has 0 bridgehead atoms. The summed E-state index contributed by atoms with van der Waals surface area (Å²) in [5.41, 5.74) is 2.04. The Morgan fingerprint density at radius 1 is 0.944 bits per heavy atom. The van der Waals surface area contributed by atoms with Crippen LogP contribution in [0.4, 0.5) is 8.78 Å². The Labute approximate surface area is 105 Å². The number of aliphatic hydroxyl groups excluding tert-OH is 1. The Morgan fingerprint density at radius 3 is 2.11 bits per heavy atom. The van der Waals surface area contributed by atoms with Crippen molar-refractivity contribution in [3.05, 3.63) is 70.3 Å². The van der Waals surface area contributed by atoms with E-state index in [1.54, 1.807) is 12.1 Å². The first kappa shape index (κ1) is 12.7. The van der Waals surface area contributed by atoms with Gasteiger partial charge in [0.15, 0.2) is 0 Å². The molecule has 0 fully saturated rings. The van der Waals surface area contributed by atoms with Gasteiger partial charge in [-0.15, -0.1) is 0 Å². The Balaban J connectivity index is 2.55. The van der Waals surface area contributed by atoms with Gasteiger partial charge in [-0.25, -0.2) is 8.78 Å². The minimum absolute atomic E-state index is 0.300. The number of hydrogen-bond acceptors (Lipinski definition) is 1. The summed E-state index contributed by atoms with van der Waals surface area (Å²) in [6.07, 6.45) is -1.29. The van der Waals surface area contributed by atoms with Gasteiger partial charge in [0.25, 0.3) is 0 Å². The molecule has 0 spiro atoms. The molecule has 1 atom stereocenters. The number of aliphatic hydroxyl groups is 1. The molecule has 18 heavy (non-hydrogen) atoms. The highest BCUT2D eigenvalue weighted by molar-refractivity contribution is 5.40. The minimum Gasteiger partial charge on any atom is -0.383 e. The van der Waals surface area contributed by atoms with Crippen LogP contribution in [-0.4, -0.2) is 5.11 Å². The van der Waals surface area contributed by atoms with Crippen molar-refractivity contribution in [2.24, 2.45) is 0 Å². The van der Waals surface area contributed by atoms with Gasteiger partial charge >= 0.3 is 0 Å². The quantitative estimate of drug-likeness (QED) is 0.859. The molecule has 1 N–H and O–H groups in total. The molecule has 0 saturated heterocycles. The van der Waals surface area contributed by atoms with Gasteiger partial charge in [0.1, 0.15) is 17.7 Å². The largest absolute Gasteiger partial charge is 0.383 e. The van der Waals surface area contributed by atoms with Crippen molar-refractivity contribution < 1.29 is 13.9 Å². The van der Waals surface area contributed by atoms with Gasteiger partial charge in [-0.1, -0.05) is 24.3 Å². The summed E-state index contributed by atoms with van der Waals surface area (Å²) >= 11 is 0. The van der Waals surface area contributed by atoms with E-state index in [2.05, 4.69) is 0 Å². The van der Waals surface area contributed by atoms with Crippen LogP contribution in [0.5, 0.6) is 0 Å². The smallest absolute Gasteiger partial charge is 0.132 e. The van der Waals surface area contributed by atoms with Crippen LogP contribution in [0, 0.1) is 25.5 Å². The van der Waals surface area contributed by atoms with E-state index < -0.39 is 17.7 Å². The Hall–Kier alpha value is -1.74. The normalized spacial score (nSPS) is 12.5. The maximum Gasteiger partial charge on any atom is 0.132 e. The number of benzene rings is 2. The van der Waals surface area contributed by atoms with Crippen molar-refractivity contribution in [3.8, 4) is 0 Å². The van der Waals surface area contributed by atoms with Gasteiger partial charge in [-0.3, -0.25) is 0 Å². The highest BCUT2D eigenvalue weighted by Crippen LogP contribution is 2.29. The molecule has 2 aromatic carbocycles. The summed E-state index contributed by atoms with van der Waals surface area (Å²) in [7, 11) is 0. The topological polar surface area (TPSA) is 20.2 Å². The predicted molar refractivity (Wildman–Crippen MR) is 66.3 cm³/mol.